The number of allylic oxidation sites excluding steroid dienone is 1. The van der Waals surface area contributed by atoms with Gasteiger partial charge in [-0.05, 0) is 48.0 Å². The molecule has 1 aliphatic heterocycles. The van der Waals surface area contributed by atoms with Gasteiger partial charge >= 0.3 is 0 Å². The van der Waals surface area contributed by atoms with Gasteiger partial charge in [-0.25, -0.2) is 4.98 Å². The van der Waals surface area contributed by atoms with E-state index in [1.165, 1.54) is 5.56 Å². The monoisotopic (exact) mass is 242 g/mol. The zero-order chi connectivity index (χ0) is 12.5. The first-order chi connectivity index (χ1) is 8.83. The van der Waals surface area contributed by atoms with E-state index in [1.54, 1.807) is 0 Å². The molecule has 1 aliphatic carbocycles. The van der Waals surface area contributed by atoms with Crippen LogP contribution in [0.15, 0.2) is 17.8 Å². The summed E-state index contributed by atoms with van der Waals surface area (Å²) < 4.78 is 0. The van der Waals surface area contributed by atoms with E-state index in [0.717, 1.165) is 49.0 Å². The number of pyridine rings is 1. The molecule has 0 aromatic carbocycles. The number of hydrogen-bond acceptors (Lipinski definition) is 3. The van der Waals surface area contributed by atoms with E-state index in [4.69, 9.17) is 0 Å². The van der Waals surface area contributed by atoms with Crippen molar-refractivity contribution in [1.29, 1.82) is 0 Å². The molecular formula is C15H18N2O. The van der Waals surface area contributed by atoms with Crippen LogP contribution < -0.4 is 5.32 Å². The molecule has 2 unspecified atom stereocenters. The smallest absolute Gasteiger partial charge is 0.146 e. The van der Waals surface area contributed by atoms with Crippen LogP contribution in [0.4, 0.5) is 5.82 Å². The third kappa shape index (κ3) is 1.74. The number of aromatic nitrogens is 1. The van der Waals surface area contributed by atoms with E-state index >= 15 is 0 Å². The van der Waals surface area contributed by atoms with Gasteiger partial charge in [0.1, 0.15) is 12.1 Å². The molecule has 2 aliphatic rings. The molecule has 2 heterocycles. The van der Waals surface area contributed by atoms with Crippen LogP contribution in [-0.4, -0.2) is 17.8 Å². The number of fused-ring (bicyclic) bond motifs is 2. The Kier molecular flexibility index (Phi) is 2.90. The lowest BCUT2D eigenvalue weighted by Gasteiger charge is -2.28. The minimum absolute atomic E-state index is 0.389. The summed E-state index contributed by atoms with van der Waals surface area (Å²) in [5.74, 6) is 1.92. The van der Waals surface area contributed by atoms with Crippen molar-refractivity contribution in [3.05, 3.63) is 29.0 Å². The Balaban J connectivity index is 2.17. The predicted octanol–water partition coefficient (Wildman–Crippen LogP) is 2.68. The normalized spacial score (nSPS) is 25.5. The molecule has 0 fully saturated rings. The Morgan fingerprint density at radius 3 is 3.22 bits per heavy atom. The van der Waals surface area contributed by atoms with Crippen molar-refractivity contribution in [2.75, 3.05) is 11.9 Å². The standard InChI is InChI=1S/C15H18N2O/c1-2-10-8-17-15-14-4-3-13(10)12(9-18)7-11(14)5-6-16-15/h5-7,9-10,13H,2-4,8H2,1H3,(H,16,17). The Labute approximate surface area is 107 Å². The van der Waals surface area contributed by atoms with Crippen LogP contribution in [0.25, 0.3) is 6.08 Å². The fraction of sp³-hybridized carbons (Fsp3) is 0.467. The van der Waals surface area contributed by atoms with Crippen molar-refractivity contribution < 1.29 is 4.79 Å². The van der Waals surface area contributed by atoms with Crippen LogP contribution in [-0.2, 0) is 11.2 Å². The number of rotatable bonds is 2. The largest absolute Gasteiger partial charge is 0.370 e. The highest BCUT2D eigenvalue weighted by Gasteiger charge is 2.29. The van der Waals surface area contributed by atoms with Gasteiger partial charge in [0.05, 0.1) is 0 Å². The van der Waals surface area contributed by atoms with Gasteiger partial charge in [-0.15, -0.1) is 0 Å². The maximum absolute atomic E-state index is 11.4. The highest BCUT2D eigenvalue weighted by atomic mass is 16.1. The summed E-state index contributed by atoms with van der Waals surface area (Å²) in [5.41, 5.74) is 3.39. The molecule has 1 N–H and O–H groups in total. The van der Waals surface area contributed by atoms with Gasteiger partial charge in [-0.3, -0.25) is 4.79 Å². The van der Waals surface area contributed by atoms with E-state index in [1.807, 2.05) is 12.3 Å². The zero-order valence-electron chi connectivity index (χ0n) is 10.6. The van der Waals surface area contributed by atoms with Crippen LogP contribution in [0, 0.1) is 11.8 Å². The predicted molar refractivity (Wildman–Crippen MR) is 72.4 cm³/mol. The molecule has 94 valence electrons. The summed E-state index contributed by atoms with van der Waals surface area (Å²) in [6, 6.07) is 2.01. The number of nitrogens with one attached hydrogen (secondary N) is 1. The van der Waals surface area contributed by atoms with Gasteiger partial charge in [0.2, 0.25) is 0 Å². The third-order valence-corrected chi connectivity index (χ3v) is 4.31. The van der Waals surface area contributed by atoms with E-state index in [0.29, 0.717) is 11.8 Å². The molecule has 3 heteroatoms. The van der Waals surface area contributed by atoms with Crippen molar-refractivity contribution >= 4 is 18.2 Å². The van der Waals surface area contributed by atoms with E-state index in [9.17, 15) is 4.79 Å². The Bertz CT molecular complexity index is 507. The van der Waals surface area contributed by atoms with Crippen LogP contribution >= 0.6 is 0 Å². The fourth-order valence-corrected chi connectivity index (χ4v) is 3.24. The lowest BCUT2D eigenvalue weighted by Crippen LogP contribution is -2.27. The number of hydrogen-bond donors (Lipinski definition) is 1. The summed E-state index contributed by atoms with van der Waals surface area (Å²) in [4.78, 5) is 15.8. The molecule has 3 nitrogen and oxygen atoms in total. The maximum Gasteiger partial charge on any atom is 0.146 e. The Morgan fingerprint density at radius 2 is 2.44 bits per heavy atom. The quantitative estimate of drug-likeness (QED) is 0.811. The Hall–Kier alpha value is -1.64. The number of carbonyl (C=O) groups is 1. The number of carbonyl (C=O) groups excluding carboxylic acids is 1. The molecular weight excluding hydrogens is 224 g/mol. The average molecular weight is 242 g/mol. The van der Waals surface area contributed by atoms with Crippen LogP contribution in [0.1, 0.15) is 30.9 Å². The first-order valence-electron chi connectivity index (χ1n) is 6.72. The van der Waals surface area contributed by atoms with Gasteiger partial charge in [0.15, 0.2) is 0 Å². The van der Waals surface area contributed by atoms with Crippen LogP contribution in [0.3, 0.4) is 0 Å². The molecule has 1 aromatic heterocycles. The van der Waals surface area contributed by atoms with E-state index in [-0.39, 0.29) is 0 Å². The summed E-state index contributed by atoms with van der Waals surface area (Å²) >= 11 is 0. The second-order valence-electron chi connectivity index (χ2n) is 5.18. The lowest BCUT2D eigenvalue weighted by atomic mass is 9.81. The van der Waals surface area contributed by atoms with E-state index < -0.39 is 0 Å². The topological polar surface area (TPSA) is 42.0 Å². The molecule has 0 amide bonds. The van der Waals surface area contributed by atoms with Crippen molar-refractivity contribution in [2.45, 2.75) is 26.2 Å². The molecule has 1 aromatic rings. The number of aldehydes is 1. The van der Waals surface area contributed by atoms with Crippen LogP contribution in [0.2, 0.25) is 0 Å². The summed E-state index contributed by atoms with van der Waals surface area (Å²) in [7, 11) is 0. The molecule has 18 heavy (non-hydrogen) atoms. The van der Waals surface area contributed by atoms with Gasteiger partial charge in [0, 0.05) is 18.3 Å². The minimum atomic E-state index is 0.389. The summed E-state index contributed by atoms with van der Waals surface area (Å²) in [6.45, 7) is 3.11. The third-order valence-electron chi connectivity index (χ3n) is 4.31. The number of nitrogens with zero attached hydrogens (tertiary/aromatic N) is 1. The van der Waals surface area contributed by atoms with Gasteiger partial charge in [0.25, 0.3) is 0 Å². The van der Waals surface area contributed by atoms with Gasteiger partial charge < -0.3 is 5.32 Å². The van der Waals surface area contributed by atoms with Gasteiger partial charge in [-0.1, -0.05) is 13.3 Å². The lowest BCUT2D eigenvalue weighted by molar-refractivity contribution is -0.105. The molecule has 3 rings (SSSR count). The maximum atomic E-state index is 11.4. The molecule has 0 spiro atoms. The molecule has 2 atom stereocenters. The average Bonchev–Trinajstić information content (AvgIpc) is 2.55. The molecule has 0 radical (unpaired) electrons. The highest BCUT2D eigenvalue weighted by molar-refractivity contribution is 5.84. The molecule has 0 saturated carbocycles. The first kappa shape index (κ1) is 11.5. The second kappa shape index (κ2) is 4.56. The molecule has 0 saturated heterocycles. The Morgan fingerprint density at radius 1 is 1.56 bits per heavy atom. The van der Waals surface area contributed by atoms with Crippen LogP contribution in [0.5, 0.6) is 0 Å². The van der Waals surface area contributed by atoms with Crippen molar-refractivity contribution in [3.63, 3.8) is 0 Å². The van der Waals surface area contributed by atoms with Gasteiger partial charge in [-0.2, -0.15) is 0 Å². The van der Waals surface area contributed by atoms with E-state index in [2.05, 4.69) is 23.3 Å². The molecule has 2 bridgehead atoms. The van der Waals surface area contributed by atoms with Crippen molar-refractivity contribution in [3.8, 4) is 0 Å². The summed E-state index contributed by atoms with van der Waals surface area (Å²) in [5, 5.41) is 3.46. The first-order valence-corrected chi connectivity index (χ1v) is 6.72. The van der Waals surface area contributed by atoms with Crippen molar-refractivity contribution in [2.24, 2.45) is 11.8 Å². The highest BCUT2D eigenvalue weighted by Crippen LogP contribution is 2.37. The minimum Gasteiger partial charge on any atom is -0.370 e. The van der Waals surface area contributed by atoms with Crippen molar-refractivity contribution in [1.82, 2.24) is 4.98 Å². The second-order valence-corrected chi connectivity index (χ2v) is 5.18. The fourth-order valence-electron chi connectivity index (χ4n) is 3.24. The number of anilines is 1. The zero-order valence-corrected chi connectivity index (χ0v) is 10.6. The SMILES string of the molecule is CCC1CNc2nccc3c2CCC1C(C=O)=C3. The summed E-state index contributed by atoms with van der Waals surface area (Å²) in [6.07, 6.45) is 8.12.